The van der Waals surface area contributed by atoms with E-state index in [9.17, 15) is 4.79 Å². The van der Waals surface area contributed by atoms with Gasteiger partial charge in [0.1, 0.15) is 5.75 Å². The second-order valence-corrected chi connectivity index (χ2v) is 7.10. The van der Waals surface area contributed by atoms with Crippen LogP contribution in [0, 0.1) is 5.92 Å². The van der Waals surface area contributed by atoms with E-state index in [1.165, 1.54) is 18.4 Å². The molecule has 1 aromatic carbocycles. The number of nitrogens with zero attached hydrogens (tertiary/aromatic N) is 1. The maximum atomic E-state index is 12.4. The predicted octanol–water partition coefficient (Wildman–Crippen LogP) is 3.43. The summed E-state index contributed by atoms with van der Waals surface area (Å²) in [5.41, 5.74) is 3.37. The van der Waals surface area contributed by atoms with Crippen LogP contribution in [0.25, 0.3) is 0 Å². The smallest absolute Gasteiger partial charge is 0.224 e. The lowest BCUT2D eigenvalue weighted by Gasteiger charge is -2.14. The number of aromatic nitrogens is 1. The van der Waals surface area contributed by atoms with E-state index < -0.39 is 0 Å². The number of carbonyl (C=O) groups excluding carboxylic acids is 1. The number of carbonyl (C=O) groups is 1. The van der Waals surface area contributed by atoms with Gasteiger partial charge in [-0.15, -0.1) is 0 Å². The highest BCUT2D eigenvalue weighted by Gasteiger charge is 2.27. The molecule has 1 atom stereocenters. The van der Waals surface area contributed by atoms with E-state index in [4.69, 9.17) is 4.74 Å². The van der Waals surface area contributed by atoms with Crippen LogP contribution in [0.2, 0.25) is 0 Å². The topological polar surface area (TPSA) is 51.2 Å². The Morgan fingerprint density at radius 2 is 1.92 bits per heavy atom. The quantitative estimate of drug-likeness (QED) is 0.910. The fourth-order valence-electron chi connectivity index (χ4n) is 3.82. The summed E-state index contributed by atoms with van der Waals surface area (Å²) >= 11 is 0. The molecule has 0 aliphatic heterocycles. The van der Waals surface area contributed by atoms with E-state index in [0.717, 1.165) is 42.7 Å². The molecule has 4 rings (SSSR count). The van der Waals surface area contributed by atoms with Gasteiger partial charge in [-0.3, -0.25) is 9.78 Å². The van der Waals surface area contributed by atoms with Gasteiger partial charge in [-0.2, -0.15) is 0 Å². The summed E-state index contributed by atoms with van der Waals surface area (Å²) in [6, 6.07) is 12.1. The molecule has 130 valence electrons. The number of hydrogen-bond donors (Lipinski definition) is 1. The highest BCUT2D eigenvalue weighted by Crippen LogP contribution is 2.25. The van der Waals surface area contributed by atoms with Crippen LogP contribution in [-0.2, 0) is 24.2 Å². The lowest BCUT2D eigenvalue weighted by atomic mass is 10.1. The SMILES string of the molecule is O=C(NCc1ccc(OC2CCCC2)cc1)C1Cc2cccnc2C1. The summed E-state index contributed by atoms with van der Waals surface area (Å²) in [5, 5.41) is 3.06. The van der Waals surface area contributed by atoms with Crippen molar-refractivity contribution < 1.29 is 9.53 Å². The molecule has 0 radical (unpaired) electrons. The van der Waals surface area contributed by atoms with Crippen molar-refractivity contribution in [2.75, 3.05) is 0 Å². The molecule has 1 amide bonds. The van der Waals surface area contributed by atoms with Crippen LogP contribution < -0.4 is 10.1 Å². The monoisotopic (exact) mass is 336 g/mol. The zero-order valence-electron chi connectivity index (χ0n) is 14.4. The zero-order valence-corrected chi connectivity index (χ0v) is 14.4. The third kappa shape index (κ3) is 3.84. The standard InChI is InChI=1S/C21H24N2O2/c24-21(17-12-16-4-3-11-22-20(16)13-17)23-14-15-7-9-19(10-8-15)25-18-5-1-2-6-18/h3-4,7-11,17-18H,1-2,5-6,12-14H2,(H,23,24). The van der Waals surface area contributed by atoms with Gasteiger partial charge in [0.05, 0.1) is 6.10 Å². The minimum absolute atomic E-state index is 0.00914. The normalized spacial score (nSPS) is 19.6. The summed E-state index contributed by atoms with van der Waals surface area (Å²) in [7, 11) is 0. The number of ether oxygens (including phenoxy) is 1. The lowest BCUT2D eigenvalue weighted by molar-refractivity contribution is -0.124. The largest absolute Gasteiger partial charge is 0.490 e. The van der Waals surface area contributed by atoms with Gasteiger partial charge in [0.25, 0.3) is 0 Å². The molecule has 1 unspecified atom stereocenters. The molecular formula is C21H24N2O2. The van der Waals surface area contributed by atoms with Crippen molar-refractivity contribution in [2.45, 2.75) is 51.2 Å². The lowest BCUT2D eigenvalue weighted by Crippen LogP contribution is -2.30. The molecule has 0 spiro atoms. The fourth-order valence-corrected chi connectivity index (χ4v) is 3.82. The van der Waals surface area contributed by atoms with E-state index in [1.807, 2.05) is 30.3 Å². The van der Waals surface area contributed by atoms with Crippen LogP contribution in [-0.4, -0.2) is 17.0 Å². The van der Waals surface area contributed by atoms with E-state index >= 15 is 0 Å². The first-order valence-electron chi connectivity index (χ1n) is 9.24. The van der Waals surface area contributed by atoms with Crippen LogP contribution in [0.4, 0.5) is 0 Å². The summed E-state index contributed by atoms with van der Waals surface area (Å²) < 4.78 is 5.98. The third-order valence-electron chi connectivity index (χ3n) is 5.26. The van der Waals surface area contributed by atoms with Crippen molar-refractivity contribution in [1.82, 2.24) is 10.3 Å². The molecule has 1 saturated carbocycles. The molecule has 4 nitrogen and oxygen atoms in total. The number of rotatable bonds is 5. The minimum Gasteiger partial charge on any atom is -0.490 e. The maximum absolute atomic E-state index is 12.4. The van der Waals surface area contributed by atoms with Gasteiger partial charge < -0.3 is 10.1 Å². The van der Waals surface area contributed by atoms with Gasteiger partial charge in [-0.25, -0.2) is 0 Å². The van der Waals surface area contributed by atoms with Gasteiger partial charge in [0.15, 0.2) is 0 Å². The van der Waals surface area contributed by atoms with E-state index in [1.54, 1.807) is 6.20 Å². The molecule has 4 heteroatoms. The number of amides is 1. The Morgan fingerprint density at radius 1 is 1.12 bits per heavy atom. The molecular weight excluding hydrogens is 312 g/mol. The number of pyridine rings is 1. The zero-order chi connectivity index (χ0) is 17.1. The number of nitrogens with one attached hydrogen (secondary N) is 1. The van der Waals surface area contributed by atoms with E-state index in [2.05, 4.69) is 16.4 Å². The van der Waals surface area contributed by atoms with E-state index in [0.29, 0.717) is 12.6 Å². The first-order chi connectivity index (χ1) is 12.3. The molecule has 1 heterocycles. The van der Waals surface area contributed by atoms with Crippen LogP contribution in [0.5, 0.6) is 5.75 Å². The molecule has 2 aliphatic rings. The van der Waals surface area contributed by atoms with Crippen LogP contribution in [0.3, 0.4) is 0 Å². The molecule has 0 bridgehead atoms. The van der Waals surface area contributed by atoms with Crippen LogP contribution in [0.15, 0.2) is 42.6 Å². The Bertz CT molecular complexity index is 711. The highest BCUT2D eigenvalue weighted by atomic mass is 16.5. The molecule has 2 aliphatic carbocycles. The summed E-state index contributed by atoms with van der Waals surface area (Å²) in [6.07, 6.45) is 8.59. The third-order valence-corrected chi connectivity index (χ3v) is 5.26. The molecule has 0 saturated heterocycles. The van der Waals surface area contributed by atoms with Gasteiger partial charge in [-0.05, 0) is 61.4 Å². The Morgan fingerprint density at radius 3 is 2.68 bits per heavy atom. The van der Waals surface area contributed by atoms with Gasteiger partial charge in [0, 0.05) is 30.8 Å². The first kappa shape index (κ1) is 16.1. The predicted molar refractivity (Wildman–Crippen MR) is 96.3 cm³/mol. The van der Waals surface area contributed by atoms with Crippen LogP contribution >= 0.6 is 0 Å². The van der Waals surface area contributed by atoms with Crippen molar-refractivity contribution >= 4 is 5.91 Å². The van der Waals surface area contributed by atoms with E-state index in [-0.39, 0.29) is 11.8 Å². The van der Waals surface area contributed by atoms with Crippen molar-refractivity contribution in [3.05, 3.63) is 59.4 Å². The van der Waals surface area contributed by atoms with Gasteiger partial charge in [-0.1, -0.05) is 18.2 Å². The van der Waals surface area contributed by atoms with Crippen molar-refractivity contribution in [3.63, 3.8) is 0 Å². The summed E-state index contributed by atoms with van der Waals surface area (Å²) in [6.45, 7) is 0.558. The van der Waals surface area contributed by atoms with Gasteiger partial charge in [0.2, 0.25) is 5.91 Å². The second-order valence-electron chi connectivity index (χ2n) is 7.10. The first-order valence-corrected chi connectivity index (χ1v) is 9.24. The van der Waals surface area contributed by atoms with Crippen LogP contribution in [0.1, 0.15) is 42.5 Å². The average molecular weight is 336 g/mol. The highest BCUT2D eigenvalue weighted by molar-refractivity contribution is 5.80. The molecule has 2 aromatic rings. The van der Waals surface area contributed by atoms with Crippen molar-refractivity contribution in [2.24, 2.45) is 5.92 Å². The summed E-state index contributed by atoms with van der Waals surface area (Å²) in [5.74, 6) is 1.05. The molecule has 1 aromatic heterocycles. The average Bonchev–Trinajstić information content (AvgIpc) is 3.30. The molecule has 1 fully saturated rings. The second kappa shape index (κ2) is 7.26. The van der Waals surface area contributed by atoms with Gasteiger partial charge >= 0.3 is 0 Å². The summed E-state index contributed by atoms with van der Waals surface area (Å²) in [4.78, 5) is 16.8. The Labute approximate surface area is 148 Å². The maximum Gasteiger partial charge on any atom is 0.224 e. The Kier molecular flexibility index (Phi) is 4.68. The Balaban J connectivity index is 1.27. The van der Waals surface area contributed by atoms with Crippen molar-refractivity contribution in [3.8, 4) is 5.75 Å². The number of hydrogen-bond acceptors (Lipinski definition) is 3. The molecule has 25 heavy (non-hydrogen) atoms. The van der Waals surface area contributed by atoms with Crippen molar-refractivity contribution in [1.29, 1.82) is 0 Å². The fraction of sp³-hybridized carbons (Fsp3) is 0.429. The number of fused-ring (bicyclic) bond motifs is 1. The minimum atomic E-state index is 0.00914. The Hall–Kier alpha value is -2.36. The molecule has 1 N–H and O–H groups in total. The number of benzene rings is 1.